The van der Waals surface area contributed by atoms with Gasteiger partial charge in [-0.3, -0.25) is 4.68 Å². The minimum absolute atomic E-state index is 0.202. The Morgan fingerprint density at radius 2 is 2.22 bits per heavy atom. The second-order valence-electron chi connectivity index (χ2n) is 4.32. The predicted octanol–water partition coefficient (Wildman–Crippen LogP) is 3.53. The van der Waals surface area contributed by atoms with Crippen molar-refractivity contribution in [1.29, 1.82) is 0 Å². The van der Waals surface area contributed by atoms with Gasteiger partial charge in [-0.1, -0.05) is 24.3 Å². The summed E-state index contributed by atoms with van der Waals surface area (Å²) in [7, 11) is 0. The molecule has 3 aromatic rings. The van der Waals surface area contributed by atoms with E-state index in [1.807, 2.05) is 35.3 Å². The van der Waals surface area contributed by atoms with Crippen molar-refractivity contribution >= 4 is 10.9 Å². The molecule has 0 aliphatic carbocycles. The topological polar surface area (TPSA) is 33.6 Å². The Morgan fingerprint density at radius 3 is 3.00 bits per heavy atom. The van der Waals surface area contributed by atoms with Crippen LogP contribution in [0.15, 0.2) is 61.6 Å². The molecule has 0 bridgehead atoms. The minimum atomic E-state index is 0.202. The van der Waals surface area contributed by atoms with Crippen LogP contribution in [-0.4, -0.2) is 14.8 Å². The van der Waals surface area contributed by atoms with Gasteiger partial charge in [0.25, 0.3) is 0 Å². The molecule has 0 radical (unpaired) electrons. The molecule has 2 aromatic heterocycles. The Kier molecular flexibility index (Phi) is 2.73. The van der Waals surface area contributed by atoms with E-state index in [4.69, 9.17) is 0 Å². The third kappa shape index (κ3) is 1.74. The Hall–Kier alpha value is -2.29. The molecule has 1 unspecified atom stereocenters. The summed E-state index contributed by atoms with van der Waals surface area (Å²) < 4.78 is 1.98. The van der Waals surface area contributed by atoms with Crippen molar-refractivity contribution < 1.29 is 0 Å². The van der Waals surface area contributed by atoms with Crippen LogP contribution < -0.4 is 0 Å². The van der Waals surface area contributed by atoms with E-state index in [1.165, 1.54) is 10.9 Å². The standard InChI is InChI=1S/C15H15N3/c1-2-6-15(18-10-5-9-17-18)13-11-16-14-8-4-3-7-12(13)14/h2-5,7-11,15-16H,1,6H2. The van der Waals surface area contributed by atoms with E-state index in [2.05, 4.69) is 41.1 Å². The largest absolute Gasteiger partial charge is 0.361 e. The van der Waals surface area contributed by atoms with Gasteiger partial charge in [-0.05, 0) is 18.6 Å². The van der Waals surface area contributed by atoms with Crippen LogP contribution >= 0.6 is 0 Å². The zero-order chi connectivity index (χ0) is 12.4. The normalized spacial score (nSPS) is 12.7. The second-order valence-corrected chi connectivity index (χ2v) is 4.32. The Bertz CT molecular complexity index is 649. The van der Waals surface area contributed by atoms with Crippen molar-refractivity contribution in [3.05, 3.63) is 67.1 Å². The fourth-order valence-corrected chi connectivity index (χ4v) is 2.37. The molecular formula is C15H15N3. The average Bonchev–Trinajstić information content (AvgIpc) is 3.06. The molecule has 0 aliphatic heterocycles. The van der Waals surface area contributed by atoms with Gasteiger partial charge in [-0.2, -0.15) is 5.10 Å². The average molecular weight is 237 g/mol. The number of hydrogen-bond donors (Lipinski definition) is 1. The number of benzene rings is 1. The lowest BCUT2D eigenvalue weighted by molar-refractivity contribution is 0.532. The third-order valence-electron chi connectivity index (χ3n) is 3.21. The number of H-pyrrole nitrogens is 1. The highest BCUT2D eigenvalue weighted by molar-refractivity contribution is 5.83. The van der Waals surface area contributed by atoms with Crippen LogP contribution in [0.2, 0.25) is 0 Å². The SMILES string of the molecule is C=CCC(c1c[nH]c2ccccc12)n1cccn1. The van der Waals surface area contributed by atoms with Crippen molar-refractivity contribution in [2.24, 2.45) is 0 Å². The van der Waals surface area contributed by atoms with Crippen LogP contribution in [0.5, 0.6) is 0 Å². The van der Waals surface area contributed by atoms with E-state index in [1.54, 1.807) is 0 Å². The summed E-state index contributed by atoms with van der Waals surface area (Å²) in [6, 6.07) is 10.5. The molecule has 2 heterocycles. The lowest BCUT2D eigenvalue weighted by atomic mass is 10.0. The summed E-state index contributed by atoms with van der Waals surface area (Å²) in [5.41, 5.74) is 2.42. The molecule has 90 valence electrons. The Balaban J connectivity index is 2.12. The van der Waals surface area contributed by atoms with Crippen LogP contribution in [0.25, 0.3) is 10.9 Å². The summed E-state index contributed by atoms with van der Waals surface area (Å²) in [6.07, 6.45) is 8.68. The summed E-state index contributed by atoms with van der Waals surface area (Å²) in [5.74, 6) is 0. The summed E-state index contributed by atoms with van der Waals surface area (Å²) in [4.78, 5) is 3.31. The van der Waals surface area contributed by atoms with Gasteiger partial charge in [-0.15, -0.1) is 6.58 Å². The first kappa shape index (κ1) is 10.8. The van der Waals surface area contributed by atoms with Crippen molar-refractivity contribution in [3.8, 4) is 0 Å². The molecule has 1 aromatic carbocycles. The molecule has 1 atom stereocenters. The number of para-hydroxylation sites is 1. The Labute approximate surface area is 106 Å². The molecule has 0 saturated heterocycles. The number of hydrogen-bond acceptors (Lipinski definition) is 1. The van der Waals surface area contributed by atoms with Crippen molar-refractivity contribution in [2.75, 3.05) is 0 Å². The van der Waals surface area contributed by atoms with E-state index < -0.39 is 0 Å². The van der Waals surface area contributed by atoms with Gasteiger partial charge < -0.3 is 4.98 Å². The monoisotopic (exact) mass is 237 g/mol. The van der Waals surface area contributed by atoms with Crippen molar-refractivity contribution in [1.82, 2.24) is 14.8 Å². The highest BCUT2D eigenvalue weighted by Gasteiger charge is 2.16. The van der Waals surface area contributed by atoms with Gasteiger partial charge in [0.15, 0.2) is 0 Å². The quantitative estimate of drug-likeness (QED) is 0.692. The Morgan fingerprint density at radius 1 is 1.33 bits per heavy atom. The van der Waals surface area contributed by atoms with Gasteiger partial charge >= 0.3 is 0 Å². The van der Waals surface area contributed by atoms with E-state index in [0.29, 0.717) is 0 Å². The van der Waals surface area contributed by atoms with Gasteiger partial charge in [0, 0.05) is 35.1 Å². The van der Waals surface area contributed by atoms with Gasteiger partial charge in [0.2, 0.25) is 0 Å². The number of allylic oxidation sites excluding steroid dienone is 1. The highest BCUT2D eigenvalue weighted by atomic mass is 15.3. The van der Waals surface area contributed by atoms with Crippen LogP contribution in [0.4, 0.5) is 0 Å². The summed E-state index contributed by atoms with van der Waals surface area (Å²) >= 11 is 0. The molecule has 0 saturated carbocycles. The zero-order valence-electron chi connectivity index (χ0n) is 10.1. The first-order chi connectivity index (χ1) is 8.90. The minimum Gasteiger partial charge on any atom is -0.361 e. The smallest absolute Gasteiger partial charge is 0.0823 e. The maximum absolute atomic E-state index is 4.35. The van der Waals surface area contributed by atoms with E-state index in [9.17, 15) is 0 Å². The zero-order valence-corrected chi connectivity index (χ0v) is 10.1. The molecule has 3 rings (SSSR count). The summed E-state index contributed by atoms with van der Waals surface area (Å²) in [6.45, 7) is 3.85. The van der Waals surface area contributed by atoms with Crippen molar-refractivity contribution in [2.45, 2.75) is 12.5 Å². The molecule has 3 nitrogen and oxygen atoms in total. The third-order valence-corrected chi connectivity index (χ3v) is 3.21. The van der Waals surface area contributed by atoms with E-state index >= 15 is 0 Å². The van der Waals surface area contributed by atoms with Crippen LogP contribution in [0.3, 0.4) is 0 Å². The molecule has 0 aliphatic rings. The number of fused-ring (bicyclic) bond motifs is 1. The van der Waals surface area contributed by atoms with E-state index in [-0.39, 0.29) is 6.04 Å². The van der Waals surface area contributed by atoms with Crippen LogP contribution in [0, 0.1) is 0 Å². The van der Waals surface area contributed by atoms with Crippen molar-refractivity contribution in [3.63, 3.8) is 0 Å². The molecule has 0 amide bonds. The number of aromatic nitrogens is 3. The predicted molar refractivity (Wildman–Crippen MR) is 73.5 cm³/mol. The van der Waals surface area contributed by atoms with E-state index in [0.717, 1.165) is 11.9 Å². The first-order valence-corrected chi connectivity index (χ1v) is 6.06. The maximum atomic E-state index is 4.35. The molecule has 0 fully saturated rings. The lowest BCUT2D eigenvalue weighted by Gasteiger charge is -2.15. The fraction of sp³-hybridized carbons (Fsp3) is 0.133. The highest BCUT2D eigenvalue weighted by Crippen LogP contribution is 2.28. The van der Waals surface area contributed by atoms with Crippen LogP contribution in [-0.2, 0) is 0 Å². The number of aromatic amines is 1. The molecule has 0 spiro atoms. The number of nitrogens with one attached hydrogen (secondary N) is 1. The molecule has 3 heteroatoms. The summed E-state index contributed by atoms with van der Waals surface area (Å²) in [5, 5.41) is 5.60. The first-order valence-electron chi connectivity index (χ1n) is 6.06. The second kappa shape index (κ2) is 4.53. The van der Waals surface area contributed by atoms with Gasteiger partial charge in [-0.25, -0.2) is 0 Å². The van der Waals surface area contributed by atoms with Gasteiger partial charge in [0.05, 0.1) is 6.04 Å². The molecular weight excluding hydrogens is 222 g/mol. The molecule has 1 N–H and O–H groups in total. The number of nitrogens with zero attached hydrogens (tertiary/aromatic N) is 2. The van der Waals surface area contributed by atoms with Crippen LogP contribution in [0.1, 0.15) is 18.0 Å². The maximum Gasteiger partial charge on any atom is 0.0823 e. The lowest BCUT2D eigenvalue weighted by Crippen LogP contribution is -2.09. The molecule has 18 heavy (non-hydrogen) atoms. The fourth-order valence-electron chi connectivity index (χ4n) is 2.37. The number of rotatable bonds is 4. The van der Waals surface area contributed by atoms with Gasteiger partial charge in [0.1, 0.15) is 0 Å².